The van der Waals surface area contributed by atoms with Gasteiger partial charge >= 0.3 is 0 Å². The topological polar surface area (TPSA) is 80.1 Å². The molecular weight excluding hydrogens is 278 g/mol. The lowest BCUT2D eigenvalue weighted by atomic mass is 10.1. The third-order valence-corrected chi connectivity index (χ3v) is 4.35. The lowest BCUT2D eigenvalue weighted by molar-refractivity contribution is 0.166. The van der Waals surface area contributed by atoms with Crippen molar-refractivity contribution in [2.75, 3.05) is 25.9 Å². The SMILES string of the molecule is CC(C)c1nnc2n1CCN(CCNS(C)(=O)=O)C2C. The number of nitrogens with zero attached hydrogens (tertiary/aromatic N) is 4. The number of aromatic nitrogens is 3. The Morgan fingerprint density at radius 3 is 2.65 bits per heavy atom. The van der Waals surface area contributed by atoms with Crippen molar-refractivity contribution in [1.82, 2.24) is 24.4 Å². The van der Waals surface area contributed by atoms with Crippen LogP contribution in [0.5, 0.6) is 0 Å². The predicted molar refractivity (Wildman–Crippen MR) is 76.9 cm³/mol. The molecule has 1 atom stereocenters. The number of fused-ring (bicyclic) bond motifs is 1. The third kappa shape index (κ3) is 3.36. The summed E-state index contributed by atoms with van der Waals surface area (Å²) in [5.74, 6) is 2.36. The van der Waals surface area contributed by atoms with Crippen LogP contribution in [0.15, 0.2) is 0 Å². The monoisotopic (exact) mass is 301 g/mol. The molecule has 114 valence electrons. The van der Waals surface area contributed by atoms with Gasteiger partial charge in [-0.15, -0.1) is 10.2 Å². The molecule has 1 aromatic rings. The Balaban J connectivity index is 2.03. The number of hydrogen-bond acceptors (Lipinski definition) is 5. The number of hydrogen-bond donors (Lipinski definition) is 1. The summed E-state index contributed by atoms with van der Waals surface area (Å²) in [5, 5.41) is 8.58. The first-order valence-electron chi connectivity index (χ1n) is 6.91. The first-order chi connectivity index (χ1) is 9.29. The summed E-state index contributed by atoms with van der Waals surface area (Å²) in [6.07, 6.45) is 1.18. The molecule has 0 saturated carbocycles. The maximum atomic E-state index is 11.1. The Morgan fingerprint density at radius 2 is 2.05 bits per heavy atom. The molecule has 1 unspecified atom stereocenters. The summed E-state index contributed by atoms with van der Waals surface area (Å²) in [7, 11) is -3.12. The highest BCUT2D eigenvalue weighted by Gasteiger charge is 2.28. The van der Waals surface area contributed by atoms with Crippen LogP contribution in [0.3, 0.4) is 0 Å². The fraction of sp³-hybridized carbons (Fsp3) is 0.833. The average Bonchev–Trinajstić information content (AvgIpc) is 2.75. The highest BCUT2D eigenvalue weighted by molar-refractivity contribution is 7.88. The largest absolute Gasteiger partial charge is 0.312 e. The molecule has 0 saturated heterocycles. The van der Waals surface area contributed by atoms with Gasteiger partial charge in [0.15, 0.2) is 0 Å². The second-order valence-corrected chi connectivity index (χ2v) is 7.43. The summed E-state index contributed by atoms with van der Waals surface area (Å²) in [6.45, 7) is 9.17. The minimum Gasteiger partial charge on any atom is -0.312 e. The Morgan fingerprint density at radius 1 is 1.35 bits per heavy atom. The van der Waals surface area contributed by atoms with Crippen LogP contribution in [0.2, 0.25) is 0 Å². The van der Waals surface area contributed by atoms with Crippen molar-refractivity contribution in [2.24, 2.45) is 0 Å². The first kappa shape index (κ1) is 15.4. The summed E-state index contributed by atoms with van der Waals surface area (Å²) in [6, 6.07) is 0.158. The van der Waals surface area contributed by atoms with E-state index in [2.05, 4.69) is 45.2 Å². The molecular formula is C12H23N5O2S. The molecule has 0 amide bonds. The van der Waals surface area contributed by atoms with Crippen molar-refractivity contribution >= 4 is 10.0 Å². The number of sulfonamides is 1. The average molecular weight is 301 g/mol. The molecule has 0 fully saturated rings. The summed E-state index contributed by atoms with van der Waals surface area (Å²) in [4.78, 5) is 2.23. The van der Waals surface area contributed by atoms with Crippen molar-refractivity contribution in [2.45, 2.75) is 39.3 Å². The van der Waals surface area contributed by atoms with Gasteiger partial charge in [0.2, 0.25) is 10.0 Å². The van der Waals surface area contributed by atoms with Gasteiger partial charge in [-0.2, -0.15) is 0 Å². The summed E-state index contributed by atoms with van der Waals surface area (Å²) < 4.78 is 26.9. The van der Waals surface area contributed by atoms with E-state index in [4.69, 9.17) is 0 Å². The molecule has 0 aromatic carbocycles. The first-order valence-corrected chi connectivity index (χ1v) is 8.80. The molecule has 1 aliphatic rings. The van der Waals surface area contributed by atoms with Gasteiger partial charge in [-0.25, -0.2) is 13.1 Å². The van der Waals surface area contributed by atoms with Gasteiger partial charge in [0.1, 0.15) is 11.6 Å². The van der Waals surface area contributed by atoms with Crippen LogP contribution in [0, 0.1) is 0 Å². The minimum absolute atomic E-state index is 0.158. The van der Waals surface area contributed by atoms with Crippen molar-refractivity contribution in [3.63, 3.8) is 0 Å². The van der Waals surface area contributed by atoms with Crippen LogP contribution in [0.25, 0.3) is 0 Å². The quantitative estimate of drug-likeness (QED) is 0.847. The van der Waals surface area contributed by atoms with E-state index in [1.54, 1.807) is 0 Å². The van der Waals surface area contributed by atoms with Gasteiger partial charge in [0, 0.05) is 32.1 Å². The van der Waals surface area contributed by atoms with E-state index >= 15 is 0 Å². The van der Waals surface area contributed by atoms with E-state index in [0.29, 0.717) is 19.0 Å². The number of nitrogens with one attached hydrogen (secondary N) is 1. The van der Waals surface area contributed by atoms with Crippen LogP contribution < -0.4 is 4.72 Å². The molecule has 2 heterocycles. The molecule has 20 heavy (non-hydrogen) atoms. The van der Waals surface area contributed by atoms with Gasteiger partial charge in [-0.1, -0.05) is 13.8 Å². The van der Waals surface area contributed by atoms with E-state index in [1.165, 1.54) is 6.26 Å². The van der Waals surface area contributed by atoms with Crippen LogP contribution in [0.1, 0.15) is 44.4 Å². The normalized spacial score (nSPS) is 20.4. The summed E-state index contributed by atoms with van der Waals surface area (Å²) >= 11 is 0. The standard InChI is InChI=1S/C12H23N5O2S/c1-9(2)11-14-15-12-10(3)16(7-8-17(11)12)6-5-13-20(4,18)19/h9-10,13H,5-8H2,1-4H3. The molecule has 8 heteroatoms. The van der Waals surface area contributed by atoms with Crippen LogP contribution in [-0.4, -0.2) is 54.0 Å². The second-order valence-electron chi connectivity index (χ2n) is 5.60. The Bertz CT molecular complexity index is 566. The zero-order valence-corrected chi connectivity index (χ0v) is 13.3. The minimum atomic E-state index is -3.12. The lowest BCUT2D eigenvalue weighted by Crippen LogP contribution is -2.41. The second kappa shape index (κ2) is 5.79. The van der Waals surface area contributed by atoms with E-state index in [-0.39, 0.29) is 6.04 Å². The molecule has 0 radical (unpaired) electrons. The Kier molecular flexibility index (Phi) is 4.46. The fourth-order valence-corrected chi connectivity index (χ4v) is 3.02. The van der Waals surface area contributed by atoms with Gasteiger partial charge < -0.3 is 4.57 Å². The van der Waals surface area contributed by atoms with E-state index in [1.807, 2.05) is 0 Å². The third-order valence-electron chi connectivity index (χ3n) is 3.62. The predicted octanol–water partition coefficient (Wildman–Crippen LogP) is 0.327. The van der Waals surface area contributed by atoms with Crippen molar-refractivity contribution in [3.8, 4) is 0 Å². The lowest BCUT2D eigenvalue weighted by Gasteiger charge is -2.33. The fourth-order valence-electron chi connectivity index (χ4n) is 2.56. The van der Waals surface area contributed by atoms with E-state index < -0.39 is 10.0 Å². The van der Waals surface area contributed by atoms with E-state index in [0.717, 1.165) is 24.7 Å². The van der Waals surface area contributed by atoms with Crippen LogP contribution in [0.4, 0.5) is 0 Å². The van der Waals surface area contributed by atoms with Crippen molar-refractivity contribution in [1.29, 1.82) is 0 Å². The Hall–Kier alpha value is -0.990. The van der Waals surface area contributed by atoms with Gasteiger partial charge in [0.25, 0.3) is 0 Å². The zero-order chi connectivity index (χ0) is 14.9. The molecule has 1 aliphatic heterocycles. The van der Waals surface area contributed by atoms with Crippen molar-refractivity contribution in [3.05, 3.63) is 11.6 Å². The van der Waals surface area contributed by atoms with E-state index in [9.17, 15) is 8.42 Å². The molecule has 0 spiro atoms. The maximum absolute atomic E-state index is 11.1. The number of rotatable bonds is 5. The molecule has 1 N–H and O–H groups in total. The van der Waals surface area contributed by atoms with Gasteiger partial charge in [-0.05, 0) is 6.92 Å². The maximum Gasteiger partial charge on any atom is 0.208 e. The smallest absolute Gasteiger partial charge is 0.208 e. The van der Waals surface area contributed by atoms with Crippen LogP contribution in [-0.2, 0) is 16.6 Å². The highest BCUT2D eigenvalue weighted by Crippen LogP contribution is 2.26. The zero-order valence-electron chi connectivity index (χ0n) is 12.5. The summed E-state index contributed by atoms with van der Waals surface area (Å²) in [5.41, 5.74) is 0. The highest BCUT2D eigenvalue weighted by atomic mass is 32.2. The Labute approximate surface area is 120 Å². The molecule has 2 rings (SSSR count). The van der Waals surface area contributed by atoms with Crippen molar-refractivity contribution < 1.29 is 8.42 Å². The molecule has 1 aromatic heterocycles. The van der Waals surface area contributed by atoms with Crippen LogP contribution >= 0.6 is 0 Å². The van der Waals surface area contributed by atoms with Gasteiger partial charge in [-0.3, -0.25) is 4.90 Å². The molecule has 0 bridgehead atoms. The molecule has 0 aliphatic carbocycles. The molecule has 7 nitrogen and oxygen atoms in total. The van der Waals surface area contributed by atoms with Gasteiger partial charge in [0.05, 0.1) is 12.3 Å².